The molecule has 0 saturated heterocycles. The van der Waals surface area contributed by atoms with Gasteiger partial charge in [-0.05, 0) is 46.0 Å². The summed E-state index contributed by atoms with van der Waals surface area (Å²) >= 11 is 5.19. The number of aromatic nitrogens is 1. The van der Waals surface area contributed by atoms with E-state index in [0.717, 1.165) is 41.5 Å². The zero-order valence-corrected chi connectivity index (χ0v) is 16.2. The molecule has 0 fully saturated rings. The minimum absolute atomic E-state index is 0.487. The number of hydrazone groups is 2. The van der Waals surface area contributed by atoms with Gasteiger partial charge >= 0.3 is 0 Å². The van der Waals surface area contributed by atoms with Gasteiger partial charge in [-0.1, -0.05) is 0 Å². The van der Waals surface area contributed by atoms with Crippen molar-refractivity contribution in [3.8, 4) is 0 Å². The second kappa shape index (κ2) is 10.0. The molecule has 0 unspecified atom stereocenters. The second-order valence-electron chi connectivity index (χ2n) is 5.28. The molecule has 134 valence electrons. The Morgan fingerprint density at radius 3 is 2.62 bits per heavy atom. The summed E-state index contributed by atoms with van der Waals surface area (Å²) in [6.07, 6.45) is 0. The van der Waals surface area contributed by atoms with E-state index in [1.54, 1.807) is 14.2 Å². The van der Waals surface area contributed by atoms with Gasteiger partial charge in [-0.3, -0.25) is 5.43 Å². The van der Waals surface area contributed by atoms with Crippen molar-refractivity contribution in [2.45, 2.75) is 34.2 Å². The molecule has 0 aliphatic carbocycles. The van der Waals surface area contributed by atoms with Crippen LogP contribution in [-0.4, -0.2) is 48.4 Å². The van der Waals surface area contributed by atoms with E-state index in [-0.39, 0.29) is 0 Å². The molecule has 0 radical (unpaired) electrons. The van der Waals surface area contributed by atoms with Gasteiger partial charge in [0.25, 0.3) is 0 Å². The van der Waals surface area contributed by atoms with Crippen LogP contribution in [0.2, 0.25) is 0 Å². The fraction of sp³-hybridized carbons (Fsp3) is 0.562. The van der Waals surface area contributed by atoms with Crippen molar-refractivity contribution < 1.29 is 4.74 Å². The standard InChI is InChI=1S/C16H28N6OS/c1-7-18-16(24)21-20-15(12(3)19-17-5)14-10-11(2)22(13(14)4)8-9-23-6/h10,17H,7-9H2,1-6H3,(H2,18,21,24)/b19-12+,20-15-. The molecular formula is C16H28N6OS. The molecule has 0 spiro atoms. The fourth-order valence-electron chi connectivity index (χ4n) is 2.43. The summed E-state index contributed by atoms with van der Waals surface area (Å²) in [6, 6.07) is 2.11. The number of methoxy groups -OCH3 is 1. The van der Waals surface area contributed by atoms with E-state index >= 15 is 0 Å². The van der Waals surface area contributed by atoms with Crippen LogP contribution in [0.3, 0.4) is 0 Å². The van der Waals surface area contributed by atoms with Gasteiger partial charge in [-0.15, -0.1) is 0 Å². The lowest BCUT2D eigenvalue weighted by atomic mass is 10.1. The minimum atomic E-state index is 0.487. The summed E-state index contributed by atoms with van der Waals surface area (Å²) in [5.41, 5.74) is 10.5. The Morgan fingerprint density at radius 2 is 2.04 bits per heavy atom. The first-order valence-electron chi connectivity index (χ1n) is 7.95. The smallest absolute Gasteiger partial charge is 0.186 e. The Labute approximate surface area is 149 Å². The number of ether oxygens (including phenoxy) is 1. The third kappa shape index (κ3) is 5.31. The van der Waals surface area contributed by atoms with E-state index in [2.05, 4.69) is 50.9 Å². The largest absolute Gasteiger partial charge is 0.383 e. The van der Waals surface area contributed by atoms with Crippen LogP contribution in [0.25, 0.3) is 0 Å². The van der Waals surface area contributed by atoms with Crippen molar-refractivity contribution >= 4 is 28.8 Å². The Hall–Kier alpha value is -1.93. The lowest BCUT2D eigenvalue weighted by molar-refractivity contribution is 0.186. The molecule has 3 N–H and O–H groups in total. The fourth-order valence-corrected chi connectivity index (χ4v) is 2.62. The van der Waals surface area contributed by atoms with Crippen LogP contribution in [0.1, 0.15) is 30.8 Å². The summed E-state index contributed by atoms with van der Waals surface area (Å²) < 4.78 is 7.41. The van der Waals surface area contributed by atoms with Gasteiger partial charge < -0.3 is 20.0 Å². The summed E-state index contributed by atoms with van der Waals surface area (Å²) in [4.78, 5) is 0. The Kier molecular flexibility index (Phi) is 8.42. The molecule has 0 aliphatic heterocycles. The molecule has 24 heavy (non-hydrogen) atoms. The van der Waals surface area contributed by atoms with Crippen LogP contribution in [0, 0.1) is 13.8 Å². The molecule has 1 aromatic rings. The maximum absolute atomic E-state index is 5.19. The zero-order valence-electron chi connectivity index (χ0n) is 15.4. The highest BCUT2D eigenvalue weighted by Gasteiger charge is 2.17. The van der Waals surface area contributed by atoms with Crippen LogP contribution >= 0.6 is 12.2 Å². The van der Waals surface area contributed by atoms with Gasteiger partial charge in [-0.25, -0.2) is 0 Å². The Morgan fingerprint density at radius 1 is 1.33 bits per heavy atom. The molecular weight excluding hydrogens is 324 g/mol. The van der Waals surface area contributed by atoms with Crippen LogP contribution in [0.15, 0.2) is 16.3 Å². The van der Waals surface area contributed by atoms with Crippen molar-refractivity contribution in [1.82, 2.24) is 20.7 Å². The van der Waals surface area contributed by atoms with Crippen LogP contribution in [0.4, 0.5) is 0 Å². The van der Waals surface area contributed by atoms with E-state index in [9.17, 15) is 0 Å². The maximum atomic E-state index is 5.19. The molecule has 0 aliphatic rings. The number of rotatable bonds is 8. The van der Waals surface area contributed by atoms with Gasteiger partial charge in [0.1, 0.15) is 5.71 Å². The molecule has 0 atom stereocenters. The SMILES string of the molecule is CCNC(=S)N/N=C(/C(C)=N/NC)c1cc(C)n(CCOC)c1C. The first-order valence-corrected chi connectivity index (χ1v) is 8.36. The molecule has 7 nitrogen and oxygen atoms in total. The predicted molar refractivity (Wildman–Crippen MR) is 104 cm³/mol. The third-order valence-electron chi connectivity index (χ3n) is 3.58. The first-order chi connectivity index (χ1) is 11.5. The number of aryl methyl sites for hydroxylation is 1. The lowest BCUT2D eigenvalue weighted by Crippen LogP contribution is -2.33. The third-order valence-corrected chi connectivity index (χ3v) is 3.81. The van der Waals surface area contributed by atoms with Gasteiger partial charge in [0.05, 0.1) is 12.3 Å². The molecule has 0 bridgehead atoms. The average Bonchev–Trinajstić information content (AvgIpc) is 2.81. The van der Waals surface area contributed by atoms with Crippen molar-refractivity contribution in [1.29, 1.82) is 0 Å². The van der Waals surface area contributed by atoms with E-state index in [4.69, 9.17) is 17.0 Å². The zero-order chi connectivity index (χ0) is 18.1. The number of nitrogens with one attached hydrogen (secondary N) is 3. The molecule has 0 amide bonds. The van der Waals surface area contributed by atoms with Gasteiger partial charge in [0.2, 0.25) is 0 Å². The maximum Gasteiger partial charge on any atom is 0.186 e. The van der Waals surface area contributed by atoms with Gasteiger partial charge in [-0.2, -0.15) is 10.2 Å². The Bertz CT molecular complexity index is 620. The summed E-state index contributed by atoms with van der Waals surface area (Å²) in [6.45, 7) is 10.2. The van der Waals surface area contributed by atoms with Crippen molar-refractivity contribution in [3.63, 3.8) is 0 Å². The number of hydrogen-bond acceptors (Lipinski definition) is 5. The lowest BCUT2D eigenvalue weighted by Gasteiger charge is -2.11. The van der Waals surface area contributed by atoms with Crippen molar-refractivity contribution in [2.24, 2.45) is 10.2 Å². The van der Waals surface area contributed by atoms with E-state index in [1.165, 1.54) is 0 Å². The number of nitrogens with zero attached hydrogens (tertiary/aromatic N) is 3. The highest BCUT2D eigenvalue weighted by atomic mass is 32.1. The molecule has 8 heteroatoms. The summed E-state index contributed by atoms with van der Waals surface area (Å²) in [7, 11) is 3.47. The molecule has 1 aromatic heterocycles. The van der Waals surface area contributed by atoms with Gasteiger partial charge in [0, 0.05) is 44.2 Å². The summed E-state index contributed by atoms with van der Waals surface area (Å²) in [5, 5.41) is 12.2. The molecule has 0 aromatic carbocycles. The minimum Gasteiger partial charge on any atom is -0.383 e. The normalized spacial score (nSPS) is 12.2. The van der Waals surface area contributed by atoms with E-state index in [1.807, 2.05) is 13.8 Å². The quantitative estimate of drug-likeness (QED) is 0.376. The molecule has 1 heterocycles. The van der Waals surface area contributed by atoms with E-state index < -0.39 is 0 Å². The van der Waals surface area contributed by atoms with Crippen molar-refractivity contribution in [2.75, 3.05) is 27.3 Å². The highest BCUT2D eigenvalue weighted by Crippen LogP contribution is 2.17. The number of hydrogen-bond donors (Lipinski definition) is 3. The van der Waals surface area contributed by atoms with Crippen LogP contribution in [-0.2, 0) is 11.3 Å². The average molecular weight is 353 g/mol. The topological polar surface area (TPSA) is 75.0 Å². The Balaban J connectivity index is 3.22. The van der Waals surface area contributed by atoms with Crippen LogP contribution < -0.4 is 16.2 Å². The van der Waals surface area contributed by atoms with Crippen LogP contribution in [0.5, 0.6) is 0 Å². The number of thiocarbonyl (C=S) groups is 1. The first kappa shape index (κ1) is 20.1. The second-order valence-corrected chi connectivity index (χ2v) is 5.69. The molecule has 0 saturated carbocycles. The predicted octanol–water partition coefficient (Wildman–Crippen LogP) is 1.53. The van der Waals surface area contributed by atoms with Gasteiger partial charge in [0.15, 0.2) is 5.11 Å². The highest BCUT2D eigenvalue weighted by molar-refractivity contribution is 7.80. The molecule has 1 rings (SSSR count). The van der Waals surface area contributed by atoms with E-state index in [0.29, 0.717) is 11.7 Å². The monoisotopic (exact) mass is 352 g/mol. The van der Waals surface area contributed by atoms with Crippen molar-refractivity contribution in [3.05, 3.63) is 23.0 Å². The summed E-state index contributed by atoms with van der Waals surface area (Å²) in [5.74, 6) is 0.